The van der Waals surface area contributed by atoms with Gasteiger partial charge in [-0.15, -0.1) is 0 Å². The molecular formula is C13H13F2N3. The van der Waals surface area contributed by atoms with Crippen molar-refractivity contribution in [2.24, 2.45) is 0 Å². The Hall–Kier alpha value is -2.04. The van der Waals surface area contributed by atoms with E-state index in [1.807, 2.05) is 6.92 Å². The third-order valence-corrected chi connectivity index (χ3v) is 2.53. The Morgan fingerprint density at radius 3 is 2.78 bits per heavy atom. The maximum absolute atomic E-state index is 13.7. The summed E-state index contributed by atoms with van der Waals surface area (Å²) < 4.78 is 27.0. The van der Waals surface area contributed by atoms with Crippen LogP contribution in [0.1, 0.15) is 12.5 Å². The van der Waals surface area contributed by atoms with Gasteiger partial charge in [0.25, 0.3) is 0 Å². The fourth-order valence-corrected chi connectivity index (χ4v) is 1.65. The maximum atomic E-state index is 13.7. The monoisotopic (exact) mass is 249 g/mol. The molecule has 0 spiro atoms. The summed E-state index contributed by atoms with van der Waals surface area (Å²) in [6.45, 7) is 4.30. The second-order valence-electron chi connectivity index (χ2n) is 3.88. The molecule has 0 aliphatic rings. The van der Waals surface area contributed by atoms with Crippen molar-refractivity contribution in [1.82, 2.24) is 9.97 Å². The highest BCUT2D eigenvalue weighted by Gasteiger charge is 2.12. The zero-order chi connectivity index (χ0) is 13.1. The summed E-state index contributed by atoms with van der Waals surface area (Å²) in [4.78, 5) is 7.89. The quantitative estimate of drug-likeness (QED) is 0.908. The lowest BCUT2D eigenvalue weighted by atomic mass is 10.1. The first-order valence-electron chi connectivity index (χ1n) is 5.64. The van der Waals surface area contributed by atoms with Gasteiger partial charge in [0.15, 0.2) is 5.82 Å². The molecule has 0 aliphatic carbocycles. The lowest BCUT2D eigenvalue weighted by Crippen LogP contribution is -2.04. The van der Waals surface area contributed by atoms with E-state index in [1.54, 1.807) is 13.0 Å². The van der Waals surface area contributed by atoms with Crippen molar-refractivity contribution < 1.29 is 8.78 Å². The van der Waals surface area contributed by atoms with Gasteiger partial charge in [0.2, 0.25) is 5.95 Å². The van der Waals surface area contributed by atoms with Crippen LogP contribution in [0.3, 0.4) is 0 Å². The summed E-state index contributed by atoms with van der Waals surface area (Å²) in [7, 11) is 0. The van der Waals surface area contributed by atoms with Crippen LogP contribution < -0.4 is 5.32 Å². The summed E-state index contributed by atoms with van der Waals surface area (Å²) in [6.07, 6.45) is 1.09. The number of nitrogens with one attached hydrogen (secondary N) is 1. The van der Waals surface area contributed by atoms with Gasteiger partial charge in [-0.3, -0.25) is 0 Å². The van der Waals surface area contributed by atoms with Gasteiger partial charge in [0, 0.05) is 12.1 Å². The first-order valence-corrected chi connectivity index (χ1v) is 5.64. The van der Waals surface area contributed by atoms with Crippen molar-refractivity contribution in [1.29, 1.82) is 0 Å². The van der Waals surface area contributed by atoms with Gasteiger partial charge in [-0.1, -0.05) is 6.07 Å². The highest BCUT2D eigenvalue weighted by molar-refractivity contribution is 5.64. The second-order valence-corrected chi connectivity index (χ2v) is 3.88. The van der Waals surface area contributed by atoms with Gasteiger partial charge >= 0.3 is 0 Å². The molecule has 1 aromatic carbocycles. The number of aromatic nitrogens is 2. The molecule has 2 rings (SSSR count). The van der Waals surface area contributed by atoms with Crippen molar-refractivity contribution in [3.8, 4) is 11.3 Å². The lowest BCUT2D eigenvalue weighted by Gasteiger charge is -2.08. The van der Waals surface area contributed by atoms with Crippen LogP contribution in [0.2, 0.25) is 0 Å². The molecule has 1 N–H and O–H groups in total. The number of hydrogen-bond donors (Lipinski definition) is 1. The SMILES string of the molecule is CCNc1ncc(F)c(-c2cc(F)ccc2C)n1. The van der Waals surface area contributed by atoms with Crippen LogP contribution in [0.5, 0.6) is 0 Å². The number of benzene rings is 1. The van der Waals surface area contributed by atoms with Crippen molar-refractivity contribution in [2.45, 2.75) is 13.8 Å². The summed E-state index contributed by atoms with van der Waals surface area (Å²) in [6, 6.07) is 4.21. The van der Waals surface area contributed by atoms with Crippen LogP contribution in [0.25, 0.3) is 11.3 Å². The number of aryl methyl sites for hydroxylation is 1. The van der Waals surface area contributed by atoms with Crippen LogP contribution in [0.4, 0.5) is 14.7 Å². The molecule has 0 saturated heterocycles. The molecule has 0 atom stereocenters. The Morgan fingerprint density at radius 1 is 1.28 bits per heavy atom. The van der Waals surface area contributed by atoms with Crippen LogP contribution in [0, 0.1) is 18.6 Å². The predicted molar refractivity (Wildman–Crippen MR) is 66.3 cm³/mol. The fourth-order valence-electron chi connectivity index (χ4n) is 1.65. The number of rotatable bonds is 3. The summed E-state index contributed by atoms with van der Waals surface area (Å²) in [5.74, 6) is -0.651. The summed E-state index contributed by atoms with van der Waals surface area (Å²) in [5.41, 5.74) is 1.31. The molecule has 0 bridgehead atoms. The molecule has 18 heavy (non-hydrogen) atoms. The molecule has 0 aliphatic heterocycles. The molecule has 94 valence electrons. The maximum Gasteiger partial charge on any atom is 0.223 e. The lowest BCUT2D eigenvalue weighted by molar-refractivity contribution is 0.615. The van der Waals surface area contributed by atoms with E-state index in [0.29, 0.717) is 18.1 Å². The molecule has 3 nitrogen and oxygen atoms in total. The van der Waals surface area contributed by atoms with Gasteiger partial charge in [-0.25, -0.2) is 18.7 Å². The molecule has 1 heterocycles. The van der Waals surface area contributed by atoms with Gasteiger partial charge in [0.05, 0.1) is 6.20 Å². The van der Waals surface area contributed by atoms with Crippen molar-refractivity contribution in [2.75, 3.05) is 11.9 Å². The Bertz CT molecular complexity index is 570. The topological polar surface area (TPSA) is 37.8 Å². The average molecular weight is 249 g/mol. The van der Waals surface area contributed by atoms with Crippen LogP contribution >= 0.6 is 0 Å². The fraction of sp³-hybridized carbons (Fsp3) is 0.231. The third kappa shape index (κ3) is 2.45. The normalized spacial score (nSPS) is 10.4. The Labute approximate surface area is 104 Å². The number of hydrogen-bond acceptors (Lipinski definition) is 3. The molecule has 0 saturated carbocycles. The highest BCUT2D eigenvalue weighted by atomic mass is 19.1. The van der Waals surface area contributed by atoms with Gasteiger partial charge in [-0.05, 0) is 31.5 Å². The minimum absolute atomic E-state index is 0.109. The molecule has 2 aromatic rings. The largest absolute Gasteiger partial charge is 0.354 e. The molecule has 1 aromatic heterocycles. The Kier molecular flexibility index (Phi) is 3.50. The second kappa shape index (κ2) is 5.08. The van der Waals surface area contributed by atoms with Crippen molar-refractivity contribution >= 4 is 5.95 Å². The summed E-state index contributed by atoms with van der Waals surface area (Å²) in [5, 5.41) is 2.90. The third-order valence-electron chi connectivity index (χ3n) is 2.53. The van der Waals surface area contributed by atoms with E-state index in [0.717, 1.165) is 11.8 Å². The Morgan fingerprint density at radius 2 is 2.06 bits per heavy atom. The van der Waals surface area contributed by atoms with E-state index < -0.39 is 11.6 Å². The van der Waals surface area contributed by atoms with E-state index in [4.69, 9.17) is 0 Å². The number of anilines is 1. The van der Waals surface area contributed by atoms with Crippen LogP contribution in [-0.4, -0.2) is 16.5 Å². The minimum Gasteiger partial charge on any atom is -0.354 e. The smallest absolute Gasteiger partial charge is 0.223 e. The first kappa shape index (κ1) is 12.4. The zero-order valence-electron chi connectivity index (χ0n) is 10.2. The standard InChI is InChI=1S/C13H13F2N3/c1-3-16-13-17-7-11(15)12(18-13)10-6-9(14)5-4-8(10)2/h4-7H,3H2,1-2H3,(H,16,17,18). The van der Waals surface area contributed by atoms with Gasteiger partial charge in [-0.2, -0.15) is 0 Å². The number of nitrogens with zero attached hydrogens (tertiary/aromatic N) is 2. The van der Waals surface area contributed by atoms with Gasteiger partial charge < -0.3 is 5.32 Å². The molecule has 0 radical (unpaired) electrons. The van der Waals surface area contributed by atoms with Crippen molar-refractivity contribution in [3.05, 3.63) is 41.6 Å². The van der Waals surface area contributed by atoms with Crippen LogP contribution in [0.15, 0.2) is 24.4 Å². The molecule has 0 fully saturated rings. The molecule has 0 amide bonds. The van der Waals surface area contributed by atoms with E-state index in [2.05, 4.69) is 15.3 Å². The van der Waals surface area contributed by atoms with Crippen LogP contribution in [-0.2, 0) is 0 Å². The van der Waals surface area contributed by atoms with E-state index in [-0.39, 0.29) is 5.69 Å². The average Bonchev–Trinajstić information content (AvgIpc) is 2.35. The Balaban J connectivity index is 2.55. The van der Waals surface area contributed by atoms with E-state index in [1.165, 1.54) is 12.1 Å². The number of halogens is 2. The van der Waals surface area contributed by atoms with Gasteiger partial charge in [0.1, 0.15) is 11.5 Å². The predicted octanol–water partition coefficient (Wildman–Crippen LogP) is 3.16. The zero-order valence-corrected chi connectivity index (χ0v) is 10.2. The molecule has 5 heteroatoms. The first-order chi connectivity index (χ1) is 8.61. The van der Waals surface area contributed by atoms with E-state index >= 15 is 0 Å². The summed E-state index contributed by atoms with van der Waals surface area (Å²) >= 11 is 0. The minimum atomic E-state index is -0.564. The highest BCUT2D eigenvalue weighted by Crippen LogP contribution is 2.25. The van der Waals surface area contributed by atoms with E-state index in [9.17, 15) is 8.78 Å². The molecular weight excluding hydrogens is 236 g/mol. The molecule has 0 unspecified atom stereocenters. The van der Waals surface area contributed by atoms with Crippen molar-refractivity contribution in [3.63, 3.8) is 0 Å².